The van der Waals surface area contributed by atoms with Crippen LogP contribution in [0.2, 0.25) is 0 Å². The third-order valence-electron chi connectivity index (χ3n) is 3.14. The first-order valence-electron chi connectivity index (χ1n) is 6.82. The van der Waals surface area contributed by atoms with Crippen molar-refractivity contribution >= 4 is 22.9 Å². The third-order valence-corrected chi connectivity index (χ3v) is 4.10. The molecule has 0 bridgehead atoms. The van der Waals surface area contributed by atoms with Crippen molar-refractivity contribution in [1.82, 2.24) is 0 Å². The molecule has 0 unspecified atom stereocenters. The van der Waals surface area contributed by atoms with Crippen molar-refractivity contribution in [3.63, 3.8) is 0 Å². The number of nitrogens with one attached hydrogen (secondary N) is 1. The largest absolute Gasteiger partial charge is 0.396 e. The Bertz CT molecular complexity index is 577. The molecular formula is C16H19NO2S. The molecule has 0 aliphatic heterocycles. The van der Waals surface area contributed by atoms with Crippen LogP contribution >= 0.6 is 11.3 Å². The van der Waals surface area contributed by atoms with Crippen LogP contribution in [-0.4, -0.2) is 17.6 Å². The van der Waals surface area contributed by atoms with Gasteiger partial charge in [0.05, 0.1) is 4.88 Å². The lowest BCUT2D eigenvalue weighted by Gasteiger charge is -2.07. The quantitative estimate of drug-likeness (QED) is 0.855. The molecule has 2 rings (SSSR count). The predicted molar refractivity (Wildman–Crippen MR) is 83.5 cm³/mol. The van der Waals surface area contributed by atoms with E-state index in [-0.39, 0.29) is 12.5 Å². The molecule has 2 aromatic rings. The normalized spacial score (nSPS) is 10.5. The van der Waals surface area contributed by atoms with Gasteiger partial charge in [0.2, 0.25) is 0 Å². The number of amides is 1. The minimum Gasteiger partial charge on any atom is -0.396 e. The highest BCUT2D eigenvalue weighted by Gasteiger charge is 2.12. The summed E-state index contributed by atoms with van der Waals surface area (Å²) in [7, 11) is 0. The molecule has 4 heteroatoms. The van der Waals surface area contributed by atoms with Gasteiger partial charge in [0, 0.05) is 12.3 Å². The number of carbonyl (C=O) groups is 1. The summed E-state index contributed by atoms with van der Waals surface area (Å²) in [5.41, 5.74) is 3.02. The van der Waals surface area contributed by atoms with Gasteiger partial charge in [0.15, 0.2) is 0 Å². The maximum absolute atomic E-state index is 12.2. The summed E-state index contributed by atoms with van der Waals surface area (Å²) >= 11 is 1.47. The zero-order valence-corrected chi connectivity index (χ0v) is 12.4. The molecule has 0 fully saturated rings. The highest BCUT2D eigenvalue weighted by molar-refractivity contribution is 7.12. The van der Waals surface area contributed by atoms with E-state index in [4.69, 9.17) is 5.11 Å². The summed E-state index contributed by atoms with van der Waals surface area (Å²) in [6, 6.07) is 9.79. The van der Waals surface area contributed by atoms with Crippen LogP contribution in [0.5, 0.6) is 0 Å². The summed E-state index contributed by atoms with van der Waals surface area (Å²) in [6.45, 7) is 2.24. The van der Waals surface area contributed by atoms with Gasteiger partial charge in [-0.3, -0.25) is 4.79 Å². The van der Waals surface area contributed by atoms with E-state index in [0.717, 1.165) is 41.0 Å². The molecule has 2 N–H and O–H groups in total. The molecule has 0 aliphatic rings. The second kappa shape index (κ2) is 7.22. The average Bonchev–Trinajstić information content (AvgIpc) is 2.94. The van der Waals surface area contributed by atoms with Crippen molar-refractivity contribution in [3.05, 3.63) is 51.7 Å². The summed E-state index contributed by atoms with van der Waals surface area (Å²) in [4.78, 5) is 13.0. The van der Waals surface area contributed by atoms with Gasteiger partial charge in [-0.05, 0) is 54.0 Å². The summed E-state index contributed by atoms with van der Waals surface area (Å²) in [5, 5.41) is 13.8. The first-order chi connectivity index (χ1) is 9.74. The maximum atomic E-state index is 12.2. The fraction of sp³-hybridized carbons (Fsp3) is 0.312. The molecule has 0 radical (unpaired) electrons. The Morgan fingerprint density at radius 2 is 2.20 bits per heavy atom. The molecule has 106 valence electrons. The van der Waals surface area contributed by atoms with E-state index < -0.39 is 0 Å². The second-order valence-corrected chi connectivity index (χ2v) is 5.53. The molecule has 0 saturated carbocycles. The van der Waals surface area contributed by atoms with E-state index in [2.05, 4.69) is 5.32 Å². The highest BCUT2D eigenvalue weighted by atomic mass is 32.1. The SMILES string of the molecule is CCc1ccsc1C(=O)Nc1cccc(CCCO)c1. The van der Waals surface area contributed by atoms with Gasteiger partial charge in [0.25, 0.3) is 5.91 Å². The first kappa shape index (κ1) is 14.8. The third kappa shape index (κ3) is 3.68. The molecule has 1 aromatic carbocycles. The molecule has 0 aliphatic carbocycles. The topological polar surface area (TPSA) is 49.3 Å². The number of aliphatic hydroxyl groups is 1. The van der Waals surface area contributed by atoms with E-state index in [9.17, 15) is 4.79 Å². The number of carbonyl (C=O) groups excluding carboxylic acids is 1. The number of aliphatic hydroxyl groups excluding tert-OH is 1. The number of hydrogen-bond acceptors (Lipinski definition) is 3. The van der Waals surface area contributed by atoms with Gasteiger partial charge in [-0.2, -0.15) is 0 Å². The number of rotatable bonds is 6. The van der Waals surface area contributed by atoms with Crippen molar-refractivity contribution in [1.29, 1.82) is 0 Å². The Hall–Kier alpha value is -1.65. The Morgan fingerprint density at radius 1 is 1.35 bits per heavy atom. The Balaban J connectivity index is 2.08. The first-order valence-corrected chi connectivity index (χ1v) is 7.70. The van der Waals surface area contributed by atoms with Gasteiger partial charge in [0.1, 0.15) is 0 Å². The molecule has 0 saturated heterocycles. The van der Waals surface area contributed by atoms with Crippen LogP contribution in [-0.2, 0) is 12.8 Å². The van der Waals surface area contributed by atoms with Gasteiger partial charge in [-0.25, -0.2) is 0 Å². The monoisotopic (exact) mass is 289 g/mol. The molecule has 0 atom stereocenters. The number of thiophene rings is 1. The van der Waals surface area contributed by atoms with Gasteiger partial charge < -0.3 is 10.4 Å². The zero-order valence-electron chi connectivity index (χ0n) is 11.6. The molecule has 1 heterocycles. The Morgan fingerprint density at radius 3 is 2.95 bits per heavy atom. The van der Waals surface area contributed by atoms with E-state index in [0.29, 0.717) is 0 Å². The van der Waals surface area contributed by atoms with Crippen molar-refractivity contribution in [2.75, 3.05) is 11.9 Å². The number of anilines is 1. The van der Waals surface area contributed by atoms with Crippen LogP contribution in [0.4, 0.5) is 5.69 Å². The van der Waals surface area contributed by atoms with Gasteiger partial charge in [-0.15, -0.1) is 11.3 Å². The van der Waals surface area contributed by atoms with Crippen LogP contribution < -0.4 is 5.32 Å². The molecule has 0 spiro atoms. The van der Waals surface area contributed by atoms with Crippen molar-refractivity contribution < 1.29 is 9.90 Å². The van der Waals surface area contributed by atoms with E-state index in [1.165, 1.54) is 11.3 Å². The van der Waals surface area contributed by atoms with Crippen LogP contribution in [0.1, 0.15) is 34.1 Å². The Labute approximate surface area is 123 Å². The summed E-state index contributed by atoms with van der Waals surface area (Å²) < 4.78 is 0. The zero-order chi connectivity index (χ0) is 14.4. The van der Waals surface area contributed by atoms with Crippen molar-refractivity contribution in [2.45, 2.75) is 26.2 Å². The van der Waals surface area contributed by atoms with Crippen LogP contribution in [0.3, 0.4) is 0 Å². The summed E-state index contributed by atoms with van der Waals surface area (Å²) in [6.07, 6.45) is 2.42. The average molecular weight is 289 g/mol. The lowest BCUT2D eigenvalue weighted by Crippen LogP contribution is -2.12. The Kier molecular flexibility index (Phi) is 5.32. The number of benzene rings is 1. The number of hydrogen-bond donors (Lipinski definition) is 2. The van der Waals surface area contributed by atoms with E-state index >= 15 is 0 Å². The van der Waals surface area contributed by atoms with Gasteiger partial charge >= 0.3 is 0 Å². The van der Waals surface area contributed by atoms with E-state index in [1.54, 1.807) is 0 Å². The molecule has 20 heavy (non-hydrogen) atoms. The number of aryl methyl sites for hydroxylation is 2. The smallest absolute Gasteiger partial charge is 0.266 e. The lowest BCUT2D eigenvalue weighted by molar-refractivity contribution is 0.103. The van der Waals surface area contributed by atoms with Crippen LogP contribution in [0.15, 0.2) is 35.7 Å². The minimum atomic E-state index is -0.0452. The fourth-order valence-corrected chi connectivity index (χ4v) is 2.98. The standard InChI is InChI=1S/C16H19NO2S/c1-2-13-8-10-20-15(13)16(19)17-14-7-3-5-12(11-14)6-4-9-18/h3,5,7-8,10-11,18H,2,4,6,9H2,1H3,(H,17,19). The minimum absolute atomic E-state index is 0.0452. The lowest BCUT2D eigenvalue weighted by atomic mass is 10.1. The van der Waals surface area contributed by atoms with Crippen LogP contribution in [0.25, 0.3) is 0 Å². The fourth-order valence-electron chi connectivity index (χ4n) is 2.09. The molecule has 1 aromatic heterocycles. The summed E-state index contributed by atoms with van der Waals surface area (Å²) in [5.74, 6) is -0.0452. The maximum Gasteiger partial charge on any atom is 0.266 e. The highest BCUT2D eigenvalue weighted by Crippen LogP contribution is 2.20. The molecular weight excluding hydrogens is 270 g/mol. The van der Waals surface area contributed by atoms with Crippen LogP contribution in [0, 0.1) is 0 Å². The molecule has 1 amide bonds. The van der Waals surface area contributed by atoms with Crippen molar-refractivity contribution in [2.24, 2.45) is 0 Å². The van der Waals surface area contributed by atoms with E-state index in [1.807, 2.05) is 42.6 Å². The second-order valence-electron chi connectivity index (χ2n) is 4.61. The molecule has 3 nitrogen and oxygen atoms in total. The van der Waals surface area contributed by atoms with Crippen molar-refractivity contribution in [3.8, 4) is 0 Å². The van der Waals surface area contributed by atoms with Gasteiger partial charge in [-0.1, -0.05) is 19.1 Å². The predicted octanol–water partition coefficient (Wildman–Crippen LogP) is 3.49.